The van der Waals surface area contributed by atoms with Gasteiger partial charge in [-0.3, -0.25) is 0 Å². The fourth-order valence-corrected chi connectivity index (χ4v) is 4.01. The van der Waals surface area contributed by atoms with Crippen LogP contribution in [0.25, 0.3) is 21.2 Å². The summed E-state index contributed by atoms with van der Waals surface area (Å²) in [7, 11) is 0. The molecule has 0 fully saturated rings. The molecular weight excluding hydrogens is 338 g/mol. The Labute approximate surface area is 147 Å². The molecule has 0 unspecified atom stereocenters. The maximum atomic E-state index is 9.57. The minimum atomic E-state index is 0.290. The van der Waals surface area contributed by atoms with Gasteiger partial charge < -0.3 is 9.52 Å². The number of thiophene rings is 2. The summed E-state index contributed by atoms with van der Waals surface area (Å²) in [5, 5.41) is 13.7. The van der Waals surface area contributed by atoms with Gasteiger partial charge in [0.2, 0.25) is 0 Å². The molecule has 4 rings (SSSR count). The molecule has 120 valence electrons. The predicted molar refractivity (Wildman–Crippen MR) is 98.6 cm³/mol. The summed E-state index contributed by atoms with van der Waals surface area (Å²) < 4.78 is 6.08. The average Bonchev–Trinajstić information content (AvgIpc) is 3.32. The molecule has 0 atom stereocenters. The van der Waals surface area contributed by atoms with Gasteiger partial charge in [0.1, 0.15) is 11.4 Å². The Bertz CT molecular complexity index is 873. The van der Waals surface area contributed by atoms with Crippen LogP contribution in [0.2, 0.25) is 0 Å². The first kappa shape index (κ1) is 15.2. The Morgan fingerprint density at radius 1 is 0.917 bits per heavy atom. The quantitative estimate of drug-likeness (QED) is 0.506. The first-order chi connectivity index (χ1) is 11.8. The minimum absolute atomic E-state index is 0.290. The molecule has 0 saturated heterocycles. The van der Waals surface area contributed by atoms with E-state index in [2.05, 4.69) is 17.5 Å². The van der Waals surface area contributed by atoms with Crippen LogP contribution in [-0.2, 0) is 12.8 Å². The summed E-state index contributed by atoms with van der Waals surface area (Å²) in [6.07, 6.45) is 1.48. The molecule has 1 aromatic carbocycles. The van der Waals surface area contributed by atoms with E-state index < -0.39 is 0 Å². The maximum Gasteiger partial charge on any atom is 0.195 e. The third kappa shape index (κ3) is 3.13. The van der Waals surface area contributed by atoms with Crippen LogP contribution in [-0.4, -0.2) is 10.1 Å². The van der Waals surface area contributed by atoms with Gasteiger partial charge in [0, 0.05) is 6.42 Å². The smallest absolute Gasteiger partial charge is 0.195 e. The number of nitrogens with zero attached hydrogens (tertiary/aromatic N) is 1. The monoisotopic (exact) mass is 353 g/mol. The second-order valence-electron chi connectivity index (χ2n) is 5.41. The molecule has 0 radical (unpaired) electrons. The normalized spacial score (nSPS) is 11.0. The molecule has 0 aliphatic heterocycles. The van der Waals surface area contributed by atoms with Crippen molar-refractivity contribution in [3.8, 4) is 27.0 Å². The van der Waals surface area contributed by atoms with Gasteiger partial charge in [-0.1, -0.05) is 24.3 Å². The van der Waals surface area contributed by atoms with Crippen LogP contribution < -0.4 is 0 Å². The van der Waals surface area contributed by atoms with Crippen molar-refractivity contribution in [1.29, 1.82) is 0 Å². The Kier molecular flexibility index (Phi) is 4.19. The van der Waals surface area contributed by atoms with Gasteiger partial charge in [-0.15, -0.1) is 22.7 Å². The van der Waals surface area contributed by atoms with Gasteiger partial charge in [-0.2, -0.15) is 0 Å². The molecule has 4 aromatic rings. The van der Waals surface area contributed by atoms with Crippen molar-refractivity contribution in [3.05, 3.63) is 70.7 Å². The van der Waals surface area contributed by atoms with E-state index in [0.29, 0.717) is 12.2 Å². The van der Waals surface area contributed by atoms with E-state index in [4.69, 9.17) is 9.40 Å². The third-order valence-corrected chi connectivity index (χ3v) is 5.45. The Hall–Kier alpha value is -2.37. The highest BCUT2D eigenvalue weighted by molar-refractivity contribution is 7.14. The molecule has 3 heterocycles. The lowest BCUT2D eigenvalue weighted by atomic mass is 10.1. The zero-order valence-electron chi connectivity index (χ0n) is 12.8. The number of hydrogen-bond acceptors (Lipinski definition) is 5. The molecule has 0 saturated carbocycles. The molecule has 1 N–H and O–H groups in total. The van der Waals surface area contributed by atoms with Gasteiger partial charge in [0.25, 0.3) is 0 Å². The van der Waals surface area contributed by atoms with Crippen LogP contribution in [0.3, 0.4) is 0 Å². The number of rotatable bonds is 5. The highest BCUT2D eigenvalue weighted by Crippen LogP contribution is 2.37. The third-order valence-electron chi connectivity index (χ3n) is 3.71. The van der Waals surface area contributed by atoms with Gasteiger partial charge in [0.05, 0.1) is 9.75 Å². The number of aromatic hydroxyl groups is 1. The van der Waals surface area contributed by atoms with E-state index in [9.17, 15) is 5.11 Å². The number of oxazole rings is 1. The SMILES string of the molecule is Oc1cccc(CCc2nc(-c3cccs3)c(-c3cccs3)o2)c1. The molecule has 3 nitrogen and oxygen atoms in total. The molecule has 0 amide bonds. The summed E-state index contributed by atoms with van der Waals surface area (Å²) in [4.78, 5) is 6.94. The summed E-state index contributed by atoms with van der Waals surface area (Å²) in [5.74, 6) is 1.86. The molecule has 24 heavy (non-hydrogen) atoms. The summed E-state index contributed by atoms with van der Waals surface area (Å²) >= 11 is 3.32. The standard InChI is InChI=1S/C19H15NO2S2/c21-14-5-1-4-13(12-14)8-9-17-20-18(15-6-2-10-23-15)19(22-17)16-7-3-11-24-16/h1-7,10-12,21H,8-9H2. The van der Waals surface area contributed by atoms with E-state index >= 15 is 0 Å². The zero-order valence-corrected chi connectivity index (χ0v) is 14.4. The molecule has 3 aromatic heterocycles. The van der Waals surface area contributed by atoms with Crippen LogP contribution in [0.5, 0.6) is 5.75 Å². The Balaban J connectivity index is 1.63. The van der Waals surface area contributed by atoms with Crippen LogP contribution in [0.1, 0.15) is 11.5 Å². The summed E-state index contributed by atoms with van der Waals surface area (Å²) in [6, 6.07) is 15.5. The lowest BCUT2D eigenvalue weighted by Gasteiger charge is -1.99. The molecule has 5 heteroatoms. The number of aromatic nitrogens is 1. The summed E-state index contributed by atoms with van der Waals surface area (Å²) in [5.41, 5.74) is 1.99. The fourth-order valence-electron chi connectivity index (χ4n) is 2.59. The van der Waals surface area contributed by atoms with Crippen LogP contribution in [0.4, 0.5) is 0 Å². The second-order valence-corrected chi connectivity index (χ2v) is 7.31. The molecule has 0 aliphatic carbocycles. The van der Waals surface area contributed by atoms with E-state index in [1.165, 1.54) is 0 Å². The van der Waals surface area contributed by atoms with E-state index in [1.54, 1.807) is 34.8 Å². The lowest BCUT2D eigenvalue weighted by Crippen LogP contribution is -1.91. The van der Waals surface area contributed by atoms with E-state index in [0.717, 1.165) is 39.1 Å². The van der Waals surface area contributed by atoms with E-state index in [-0.39, 0.29) is 0 Å². The lowest BCUT2D eigenvalue weighted by molar-refractivity contribution is 0.473. The Morgan fingerprint density at radius 2 is 1.71 bits per heavy atom. The maximum absolute atomic E-state index is 9.57. The van der Waals surface area contributed by atoms with Crippen molar-refractivity contribution < 1.29 is 9.52 Å². The van der Waals surface area contributed by atoms with Crippen molar-refractivity contribution in [2.45, 2.75) is 12.8 Å². The van der Waals surface area contributed by atoms with Crippen molar-refractivity contribution in [1.82, 2.24) is 4.98 Å². The summed E-state index contributed by atoms with van der Waals surface area (Å²) in [6.45, 7) is 0. The number of benzene rings is 1. The van der Waals surface area contributed by atoms with Crippen molar-refractivity contribution >= 4 is 22.7 Å². The second kappa shape index (κ2) is 6.63. The Morgan fingerprint density at radius 3 is 2.42 bits per heavy atom. The molecule has 0 spiro atoms. The van der Waals surface area contributed by atoms with Crippen molar-refractivity contribution in [2.24, 2.45) is 0 Å². The molecule has 0 bridgehead atoms. The largest absolute Gasteiger partial charge is 0.508 e. The van der Waals surface area contributed by atoms with Gasteiger partial charge in [0.15, 0.2) is 11.7 Å². The topological polar surface area (TPSA) is 46.3 Å². The predicted octanol–water partition coefficient (Wildman–Crippen LogP) is 5.62. The van der Waals surface area contributed by atoms with Crippen molar-refractivity contribution in [2.75, 3.05) is 0 Å². The van der Waals surface area contributed by atoms with Gasteiger partial charge >= 0.3 is 0 Å². The highest BCUT2D eigenvalue weighted by Gasteiger charge is 2.18. The first-order valence-electron chi connectivity index (χ1n) is 7.65. The van der Waals surface area contributed by atoms with Crippen LogP contribution in [0, 0.1) is 0 Å². The molecular formula is C19H15NO2S2. The molecule has 0 aliphatic rings. The average molecular weight is 353 g/mol. The van der Waals surface area contributed by atoms with Gasteiger partial charge in [-0.25, -0.2) is 4.98 Å². The van der Waals surface area contributed by atoms with E-state index in [1.807, 2.05) is 29.6 Å². The van der Waals surface area contributed by atoms with Crippen molar-refractivity contribution in [3.63, 3.8) is 0 Å². The van der Waals surface area contributed by atoms with Crippen LogP contribution in [0.15, 0.2) is 63.7 Å². The van der Waals surface area contributed by atoms with Crippen LogP contribution >= 0.6 is 22.7 Å². The van der Waals surface area contributed by atoms with Gasteiger partial charge in [-0.05, 0) is 47.0 Å². The number of phenolic OH excluding ortho intramolecular Hbond substituents is 1. The highest BCUT2D eigenvalue weighted by atomic mass is 32.1. The number of aryl methyl sites for hydroxylation is 2. The zero-order chi connectivity index (χ0) is 16.4. The minimum Gasteiger partial charge on any atom is -0.508 e. The fraction of sp³-hybridized carbons (Fsp3) is 0.105. The number of phenols is 1. The first-order valence-corrected chi connectivity index (χ1v) is 9.41. The number of hydrogen-bond donors (Lipinski definition) is 1.